The fraction of sp³-hybridized carbons (Fsp3) is 0.625. The van der Waals surface area contributed by atoms with Crippen LogP contribution in [0.1, 0.15) is 38.3 Å². The van der Waals surface area contributed by atoms with Gasteiger partial charge in [-0.1, -0.05) is 6.07 Å². The summed E-state index contributed by atoms with van der Waals surface area (Å²) in [7, 11) is 1.76. The third-order valence-electron chi connectivity index (χ3n) is 4.14. The van der Waals surface area contributed by atoms with Gasteiger partial charge in [0.1, 0.15) is 0 Å². The molecule has 1 fully saturated rings. The van der Waals surface area contributed by atoms with Gasteiger partial charge in [-0.05, 0) is 66.2 Å². The molecule has 0 bridgehead atoms. The molecule has 0 radical (unpaired) electrons. The van der Waals surface area contributed by atoms with Crippen molar-refractivity contribution in [2.24, 2.45) is 11.7 Å². The van der Waals surface area contributed by atoms with Crippen molar-refractivity contribution in [1.82, 2.24) is 0 Å². The van der Waals surface area contributed by atoms with Crippen LogP contribution in [0.3, 0.4) is 0 Å². The lowest BCUT2D eigenvalue weighted by atomic mass is 10.1. The molecular weight excluding hydrogens is 316 g/mol. The van der Waals surface area contributed by atoms with E-state index in [1.807, 2.05) is 6.92 Å². The highest BCUT2D eigenvalue weighted by molar-refractivity contribution is 9.10. The molecule has 0 saturated heterocycles. The molecule has 0 heterocycles. The molecule has 112 valence electrons. The molecule has 0 amide bonds. The maximum absolute atomic E-state index is 5.95. The Morgan fingerprint density at radius 1 is 1.40 bits per heavy atom. The van der Waals surface area contributed by atoms with Crippen LogP contribution >= 0.6 is 15.9 Å². The highest BCUT2D eigenvalue weighted by Gasteiger charge is 2.32. The molecule has 2 atom stereocenters. The van der Waals surface area contributed by atoms with E-state index in [0.717, 1.165) is 29.1 Å². The van der Waals surface area contributed by atoms with E-state index in [2.05, 4.69) is 46.0 Å². The zero-order chi connectivity index (χ0) is 14.7. The molecule has 0 aliphatic heterocycles. The Kier molecular flexibility index (Phi) is 5.47. The van der Waals surface area contributed by atoms with E-state index >= 15 is 0 Å². The second-order valence-corrected chi connectivity index (χ2v) is 6.62. The summed E-state index contributed by atoms with van der Waals surface area (Å²) in [4.78, 5) is 2.45. The maximum Gasteiger partial charge on any atom is 0.0637 e. The molecule has 4 heteroatoms. The number of benzene rings is 1. The smallest absolute Gasteiger partial charge is 0.0637 e. The van der Waals surface area contributed by atoms with Gasteiger partial charge in [-0.25, -0.2) is 0 Å². The molecule has 0 spiro atoms. The van der Waals surface area contributed by atoms with Gasteiger partial charge in [0, 0.05) is 30.2 Å². The van der Waals surface area contributed by atoms with Crippen molar-refractivity contribution in [3.8, 4) is 0 Å². The van der Waals surface area contributed by atoms with Crippen LogP contribution in [-0.4, -0.2) is 26.3 Å². The molecule has 20 heavy (non-hydrogen) atoms. The monoisotopic (exact) mass is 340 g/mol. The van der Waals surface area contributed by atoms with Crippen molar-refractivity contribution in [3.63, 3.8) is 0 Å². The first kappa shape index (κ1) is 15.8. The number of anilines is 1. The van der Waals surface area contributed by atoms with Crippen LogP contribution < -0.4 is 10.6 Å². The number of hydrogen-bond acceptors (Lipinski definition) is 3. The SMILES string of the molecule is COCCN(c1ccc([C@@H](C)N)cc1Br)C(C)C1CC1. The summed E-state index contributed by atoms with van der Waals surface area (Å²) in [6, 6.07) is 7.07. The van der Waals surface area contributed by atoms with Gasteiger partial charge in [-0.2, -0.15) is 0 Å². The summed E-state index contributed by atoms with van der Waals surface area (Å²) in [5.74, 6) is 0.826. The van der Waals surface area contributed by atoms with Gasteiger partial charge < -0.3 is 15.4 Å². The van der Waals surface area contributed by atoms with Crippen LogP contribution in [0.2, 0.25) is 0 Å². The minimum atomic E-state index is 0.0635. The van der Waals surface area contributed by atoms with Gasteiger partial charge in [0.05, 0.1) is 12.3 Å². The highest BCUT2D eigenvalue weighted by atomic mass is 79.9. The van der Waals surface area contributed by atoms with Crippen LogP contribution in [0, 0.1) is 5.92 Å². The Hall–Kier alpha value is -0.580. The Morgan fingerprint density at radius 3 is 2.60 bits per heavy atom. The van der Waals surface area contributed by atoms with Crippen LogP contribution in [0.25, 0.3) is 0 Å². The summed E-state index contributed by atoms with van der Waals surface area (Å²) in [6.45, 7) is 6.00. The number of nitrogens with zero attached hydrogens (tertiary/aromatic N) is 1. The molecule has 2 N–H and O–H groups in total. The minimum Gasteiger partial charge on any atom is -0.383 e. The zero-order valence-corrected chi connectivity index (χ0v) is 14.2. The van der Waals surface area contributed by atoms with Gasteiger partial charge in [-0.3, -0.25) is 0 Å². The fourth-order valence-electron chi connectivity index (χ4n) is 2.61. The van der Waals surface area contributed by atoms with Crippen molar-refractivity contribution in [3.05, 3.63) is 28.2 Å². The Labute approximate surface area is 130 Å². The standard InChI is InChI=1S/C16H25BrN2O/c1-11(18)14-6-7-16(15(17)10-14)19(8-9-20-3)12(2)13-4-5-13/h6-7,10-13H,4-5,8-9,18H2,1-3H3/t11-,12?/m1/s1. The Bertz CT molecular complexity index is 446. The first-order valence-corrected chi connectivity index (χ1v) is 8.14. The van der Waals surface area contributed by atoms with E-state index in [4.69, 9.17) is 10.5 Å². The summed E-state index contributed by atoms with van der Waals surface area (Å²) >= 11 is 3.71. The lowest BCUT2D eigenvalue weighted by molar-refractivity contribution is 0.202. The van der Waals surface area contributed by atoms with E-state index in [1.54, 1.807) is 7.11 Å². The average molecular weight is 341 g/mol. The lowest BCUT2D eigenvalue weighted by Gasteiger charge is -2.32. The number of halogens is 1. The van der Waals surface area contributed by atoms with Crippen molar-refractivity contribution < 1.29 is 4.74 Å². The van der Waals surface area contributed by atoms with Crippen molar-refractivity contribution in [1.29, 1.82) is 0 Å². The Balaban J connectivity index is 2.22. The quantitative estimate of drug-likeness (QED) is 0.821. The zero-order valence-electron chi connectivity index (χ0n) is 12.6. The van der Waals surface area contributed by atoms with Gasteiger partial charge in [-0.15, -0.1) is 0 Å². The van der Waals surface area contributed by atoms with E-state index in [1.165, 1.54) is 18.5 Å². The molecule has 1 unspecified atom stereocenters. The van der Waals surface area contributed by atoms with Crippen molar-refractivity contribution >= 4 is 21.6 Å². The summed E-state index contributed by atoms with van der Waals surface area (Å²) in [5.41, 5.74) is 8.35. The molecule has 1 saturated carbocycles. The molecule has 1 aliphatic carbocycles. The van der Waals surface area contributed by atoms with Gasteiger partial charge in [0.25, 0.3) is 0 Å². The van der Waals surface area contributed by atoms with Crippen LogP contribution in [0.4, 0.5) is 5.69 Å². The summed E-state index contributed by atoms with van der Waals surface area (Å²) in [5, 5.41) is 0. The summed E-state index contributed by atoms with van der Waals surface area (Å²) in [6.07, 6.45) is 2.69. The second kappa shape index (κ2) is 6.92. The fourth-order valence-corrected chi connectivity index (χ4v) is 3.23. The van der Waals surface area contributed by atoms with Crippen LogP contribution in [-0.2, 0) is 4.74 Å². The predicted molar refractivity (Wildman–Crippen MR) is 88.2 cm³/mol. The number of hydrogen-bond donors (Lipinski definition) is 1. The lowest BCUT2D eigenvalue weighted by Crippen LogP contribution is -2.37. The number of methoxy groups -OCH3 is 1. The van der Waals surface area contributed by atoms with E-state index < -0.39 is 0 Å². The van der Waals surface area contributed by atoms with Crippen LogP contribution in [0.5, 0.6) is 0 Å². The number of nitrogens with two attached hydrogens (primary N) is 1. The minimum absolute atomic E-state index is 0.0635. The van der Waals surface area contributed by atoms with E-state index in [-0.39, 0.29) is 6.04 Å². The predicted octanol–water partition coefficient (Wildman–Crippen LogP) is 3.72. The Morgan fingerprint density at radius 2 is 2.10 bits per heavy atom. The molecule has 1 aromatic carbocycles. The first-order chi connectivity index (χ1) is 9.54. The average Bonchev–Trinajstić information content (AvgIpc) is 3.24. The van der Waals surface area contributed by atoms with Crippen LogP contribution in [0.15, 0.2) is 22.7 Å². The molecular formula is C16H25BrN2O. The second-order valence-electron chi connectivity index (χ2n) is 5.76. The van der Waals surface area contributed by atoms with E-state index in [0.29, 0.717) is 6.04 Å². The number of ether oxygens (including phenoxy) is 1. The van der Waals surface area contributed by atoms with Gasteiger partial charge >= 0.3 is 0 Å². The van der Waals surface area contributed by atoms with Crippen molar-refractivity contribution in [2.75, 3.05) is 25.2 Å². The molecule has 1 aromatic rings. The molecule has 2 rings (SSSR count). The first-order valence-electron chi connectivity index (χ1n) is 7.35. The molecule has 0 aromatic heterocycles. The normalized spacial score (nSPS) is 17.9. The third-order valence-corrected chi connectivity index (χ3v) is 4.77. The van der Waals surface area contributed by atoms with Gasteiger partial charge in [0.2, 0.25) is 0 Å². The van der Waals surface area contributed by atoms with Gasteiger partial charge in [0.15, 0.2) is 0 Å². The van der Waals surface area contributed by atoms with E-state index in [9.17, 15) is 0 Å². The largest absolute Gasteiger partial charge is 0.383 e. The number of rotatable bonds is 7. The summed E-state index contributed by atoms with van der Waals surface area (Å²) < 4.78 is 6.39. The molecule has 1 aliphatic rings. The topological polar surface area (TPSA) is 38.5 Å². The molecule has 3 nitrogen and oxygen atoms in total. The highest BCUT2D eigenvalue weighted by Crippen LogP contribution is 2.39. The maximum atomic E-state index is 5.95. The van der Waals surface area contributed by atoms with Crippen molar-refractivity contribution in [2.45, 2.75) is 38.8 Å². The third kappa shape index (κ3) is 3.74.